The van der Waals surface area contributed by atoms with Crippen molar-refractivity contribution in [1.29, 1.82) is 0 Å². The summed E-state index contributed by atoms with van der Waals surface area (Å²) in [7, 11) is 1.58. The number of hydrogen-bond acceptors (Lipinski definition) is 5. The number of carbonyl (C=O) groups is 1. The minimum Gasteiger partial charge on any atom is -0.466 e. The summed E-state index contributed by atoms with van der Waals surface area (Å²) in [6.07, 6.45) is 2.64. The fraction of sp³-hybridized carbons (Fsp3) is 0.364. The molecule has 31 heavy (non-hydrogen) atoms. The van der Waals surface area contributed by atoms with E-state index in [1.165, 1.54) is 4.57 Å². The third-order valence-electron chi connectivity index (χ3n) is 5.48. The molecule has 0 spiro atoms. The highest BCUT2D eigenvalue weighted by Gasteiger charge is 2.21. The molecule has 0 N–H and O–H groups in total. The van der Waals surface area contributed by atoms with Crippen LogP contribution in [0, 0.1) is 6.92 Å². The van der Waals surface area contributed by atoms with Crippen LogP contribution in [0.4, 0.5) is 0 Å². The lowest BCUT2D eigenvalue weighted by atomic mass is 10.1. The van der Waals surface area contributed by atoms with Crippen LogP contribution in [0.5, 0.6) is 0 Å². The van der Waals surface area contributed by atoms with Gasteiger partial charge in [-0.15, -0.1) is 0 Å². The van der Waals surface area contributed by atoms with Crippen LogP contribution < -0.4 is 11.2 Å². The molecule has 0 bridgehead atoms. The molecule has 162 valence electrons. The Bertz CT molecular complexity index is 1420. The third kappa shape index (κ3) is 3.26. The van der Waals surface area contributed by atoms with Gasteiger partial charge in [0.05, 0.1) is 18.7 Å². The van der Waals surface area contributed by atoms with E-state index in [4.69, 9.17) is 4.74 Å². The molecule has 0 aliphatic heterocycles. The number of nitrogens with zero attached hydrogens (tertiary/aromatic N) is 5. The second-order valence-corrected chi connectivity index (χ2v) is 7.40. The lowest BCUT2D eigenvalue weighted by Crippen LogP contribution is -2.39. The molecule has 4 aromatic rings. The van der Waals surface area contributed by atoms with Crippen LogP contribution in [-0.2, 0) is 29.5 Å². The summed E-state index contributed by atoms with van der Waals surface area (Å²) >= 11 is 0. The van der Waals surface area contributed by atoms with E-state index < -0.39 is 17.2 Å². The Balaban J connectivity index is 1.96. The van der Waals surface area contributed by atoms with Gasteiger partial charge in [0.2, 0.25) is 5.78 Å². The summed E-state index contributed by atoms with van der Waals surface area (Å²) in [6.45, 7) is 5.95. The number of ether oxygens (including phenoxy) is 1. The Morgan fingerprint density at radius 1 is 1.16 bits per heavy atom. The van der Waals surface area contributed by atoms with Gasteiger partial charge in [-0.2, -0.15) is 4.98 Å². The van der Waals surface area contributed by atoms with Gasteiger partial charge < -0.3 is 4.74 Å². The highest BCUT2D eigenvalue weighted by Crippen LogP contribution is 2.23. The van der Waals surface area contributed by atoms with Crippen molar-refractivity contribution in [2.75, 3.05) is 6.61 Å². The summed E-state index contributed by atoms with van der Waals surface area (Å²) < 4.78 is 11.1. The van der Waals surface area contributed by atoms with Gasteiger partial charge in [-0.3, -0.25) is 27.7 Å². The maximum Gasteiger partial charge on any atom is 0.332 e. The number of aryl methyl sites for hydroxylation is 3. The molecule has 9 heteroatoms. The molecule has 9 nitrogen and oxygen atoms in total. The molecule has 0 saturated carbocycles. The normalized spacial score (nSPS) is 11.5. The van der Waals surface area contributed by atoms with Crippen LogP contribution in [0.15, 0.2) is 40.1 Å². The lowest BCUT2D eigenvalue weighted by Gasteiger charge is -2.10. The van der Waals surface area contributed by atoms with Gasteiger partial charge in [0, 0.05) is 25.5 Å². The van der Waals surface area contributed by atoms with Gasteiger partial charge in [0.15, 0.2) is 11.2 Å². The molecule has 0 unspecified atom stereocenters. The summed E-state index contributed by atoms with van der Waals surface area (Å²) in [5.41, 5.74) is 2.67. The molecule has 3 heterocycles. The molecule has 0 aliphatic rings. The second-order valence-electron chi connectivity index (χ2n) is 7.40. The number of rotatable bonds is 6. The highest BCUT2D eigenvalue weighted by atomic mass is 16.5. The van der Waals surface area contributed by atoms with Crippen LogP contribution in [0.3, 0.4) is 0 Å². The molecule has 0 aliphatic carbocycles. The molecule has 1 aromatic carbocycles. The molecular weight excluding hydrogens is 398 g/mol. The first-order valence-electron chi connectivity index (χ1n) is 10.3. The lowest BCUT2D eigenvalue weighted by molar-refractivity contribution is -0.143. The first kappa shape index (κ1) is 20.6. The molecule has 4 rings (SSSR count). The average molecular weight is 423 g/mol. The molecule has 0 amide bonds. The summed E-state index contributed by atoms with van der Waals surface area (Å²) in [5.74, 6) is 0.108. The zero-order valence-corrected chi connectivity index (χ0v) is 18.1. The van der Waals surface area contributed by atoms with Gasteiger partial charge >= 0.3 is 11.7 Å². The van der Waals surface area contributed by atoms with Crippen LogP contribution >= 0.6 is 0 Å². The quantitative estimate of drug-likeness (QED) is 0.442. The van der Waals surface area contributed by atoms with Crippen molar-refractivity contribution in [2.45, 2.75) is 40.2 Å². The Hall–Kier alpha value is -3.62. The Morgan fingerprint density at radius 3 is 2.61 bits per heavy atom. The maximum absolute atomic E-state index is 13.3. The van der Waals surface area contributed by atoms with E-state index in [-0.39, 0.29) is 19.6 Å². The van der Waals surface area contributed by atoms with Crippen molar-refractivity contribution in [3.63, 3.8) is 0 Å². The van der Waals surface area contributed by atoms with E-state index in [9.17, 15) is 14.4 Å². The number of hydrogen-bond donors (Lipinski definition) is 0. The molecule has 0 fully saturated rings. The fourth-order valence-electron chi connectivity index (χ4n) is 3.97. The number of esters is 1. The number of aromatic nitrogens is 5. The Labute approximate surface area is 178 Å². The average Bonchev–Trinajstić information content (AvgIpc) is 3.26. The van der Waals surface area contributed by atoms with Crippen molar-refractivity contribution < 1.29 is 9.53 Å². The number of fused-ring (bicyclic) bond motifs is 3. The number of carbonyl (C=O) groups excluding carboxylic acids is 1. The summed E-state index contributed by atoms with van der Waals surface area (Å²) in [4.78, 5) is 42.5. The van der Waals surface area contributed by atoms with Crippen molar-refractivity contribution in [3.8, 4) is 5.69 Å². The van der Waals surface area contributed by atoms with Crippen LogP contribution in [0.2, 0.25) is 0 Å². The van der Waals surface area contributed by atoms with E-state index in [1.807, 2.05) is 35.9 Å². The second kappa shape index (κ2) is 7.90. The maximum atomic E-state index is 13.3. The van der Waals surface area contributed by atoms with Crippen molar-refractivity contribution in [1.82, 2.24) is 23.1 Å². The fourth-order valence-corrected chi connectivity index (χ4v) is 3.97. The smallest absolute Gasteiger partial charge is 0.332 e. The standard InChI is InChI=1S/C22H25N5O4/c1-5-15-9-7-8-10-16(15)27-14(3)13-26-18-19(23-21(26)27)24(4)22(30)25(20(18)29)12-11-17(28)31-6-2/h7-10,13H,5-6,11-12H2,1-4H3. The molecule has 0 saturated heterocycles. The van der Waals surface area contributed by atoms with E-state index in [0.717, 1.165) is 27.9 Å². The topological polar surface area (TPSA) is 92.5 Å². The van der Waals surface area contributed by atoms with E-state index in [2.05, 4.69) is 18.0 Å². The van der Waals surface area contributed by atoms with Gasteiger partial charge in [-0.1, -0.05) is 25.1 Å². The van der Waals surface area contributed by atoms with Gasteiger partial charge in [-0.05, 0) is 31.9 Å². The molecular formula is C22H25N5O4. The van der Waals surface area contributed by atoms with Crippen LogP contribution in [-0.4, -0.2) is 35.7 Å². The van der Waals surface area contributed by atoms with E-state index in [0.29, 0.717) is 16.9 Å². The summed E-state index contributed by atoms with van der Waals surface area (Å²) in [5, 5.41) is 0. The Morgan fingerprint density at radius 2 is 1.90 bits per heavy atom. The summed E-state index contributed by atoms with van der Waals surface area (Å²) in [6, 6.07) is 8.03. The minimum absolute atomic E-state index is 0.0497. The first-order valence-corrected chi connectivity index (χ1v) is 10.3. The number of imidazole rings is 2. The molecule has 3 aromatic heterocycles. The highest BCUT2D eigenvalue weighted by molar-refractivity contribution is 5.76. The zero-order valence-electron chi connectivity index (χ0n) is 18.1. The largest absolute Gasteiger partial charge is 0.466 e. The predicted molar refractivity (Wildman–Crippen MR) is 117 cm³/mol. The van der Waals surface area contributed by atoms with Gasteiger partial charge in [0.1, 0.15) is 0 Å². The van der Waals surface area contributed by atoms with E-state index in [1.54, 1.807) is 18.4 Å². The van der Waals surface area contributed by atoms with Gasteiger partial charge in [0.25, 0.3) is 5.56 Å². The first-order chi connectivity index (χ1) is 14.9. The number of para-hydroxylation sites is 1. The Kier molecular flexibility index (Phi) is 5.26. The van der Waals surface area contributed by atoms with Crippen LogP contribution in [0.25, 0.3) is 22.6 Å². The minimum atomic E-state index is -0.514. The predicted octanol–water partition coefficient (Wildman–Crippen LogP) is 1.96. The number of benzene rings is 1. The van der Waals surface area contributed by atoms with E-state index >= 15 is 0 Å². The third-order valence-corrected chi connectivity index (χ3v) is 5.48. The monoisotopic (exact) mass is 423 g/mol. The zero-order chi connectivity index (χ0) is 22.3. The molecule has 0 radical (unpaired) electrons. The SMILES string of the molecule is CCOC(=O)CCn1c(=O)c2c(nc3n(-c4ccccc4CC)c(C)cn23)n(C)c1=O. The van der Waals surface area contributed by atoms with Crippen molar-refractivity contribution in [3.05, 3.63) is 62.6 Å². The molecule has 0 atom stereocenters. The van der Waals surface area contributed by atoms with Crippen molar-refractivity contribution >= 4 is 22.9 Å². The van der Waals surface area contributed by atoms with Crippen molar-refractivity contribution in [2.24, 2.45) is 7.05 Å². The van der Waals surface area contributed by atoms with Gasteiger partial charge in [-0.25, -0.2) is 4.79 Å². The van der Waals surface area contributed by atoms with Crippen LogP contribution in [0.1, 0.15) is 31.5 Å².